The molecule has 0 atom stereocenters. The lowest BCUT2D eigenvalue weighted by Crippen LogP contribution is -2.20. The van der Waals surface area contributed by atoms with Gasteiger partial charge in [0.2, 0.25) is 0 Å². The van der Waals surface area contributed by atoms with Crippen LogP contribution in [0.4, 0.5) is 0 Å². The summed E-state index contributed by atoms with van der Waals surface area (Å²) in [6.45, 7) is 4.77. The van der Waals surface area contributed by atoms with Crippen LogP contribution in [0.5, 0.6) is 0 Å². The second-order valence-corrected chi connectivity index (χ2v) is 3.23. The predicted molar refractivity (Wildman–Crippen MR) is 52.4 cm³/mol. The van der Waals surface area contributed by atoms with Crippen LogP contribution in [0.3, 0.4) is 0 Å². The molecule has 0 amide bonds. The molecule has 0 fully saturated rings. The SMILES string of the molecule is C=C(CCI)N(C)CCO. The average molecular weight is 255 g/mol. The summed E-state index contributed by atoms with van der Waals surface area (Å²) in [4.78, 5) is 1.98. The van der Waals surface area contributed by atoms with Crippen LogP contribution < -0.4 is 0 Å². The van der Waals surface area contributed by atoms with Crippen molar-refractivity contribution in [2.24, 2.45) is 0 Å². The molecule has 0 aliphatic rings. The molecule has 0 rings (SSSR count). The zero-order chi connectivity index (χ0) is 7.98. The van der Waals surface area contributed by atoms with E-state index >= 15 is 0 Å². The molecule has 0 radical (unpaired) electrons. The van der Waals surface area contributed by atoms with Crippen molar-refractivity contribution in [3.63, 3.8) is 0 Å². The maximum absolute atomic E-state index is 8.57. The molecule has 60 valence electrons. The van der Waals surface area contributed by atoms with Gasteiger partial charge in [-0.1, -0.05) is 29.2 Å². The second kappa shape index (κ2) is 5.97. The predicted octanol–water partition coefficient (Wildman–Crippen LogP) is 1.25. The van der Waals surface area contributed by atoms with E-state index in [2.05, 4.69) is 29.2 Å². The molecular formula is C7H14INO. The Morgan fingerprint density at radius 2 is 2.30 bits per heavy atom. The zero-order valence-electron chi connectivity index (χ0n) is 6.31. The standard InChI is InChI=1S/C7H14INO/c1-7(3-4-8)9(2)5-6-10/h10H,1,3-6H2,2H3. The zero-order valence-corrected chi connectivity index (χ0v) is 8.47. The fourth-order valence-electron chi connectivity index (χ4n) is 0.608. The topological polar surface area (TPSA) is 23.5 Å². The maximum atomic E-state index is 8.57. The highest BCUT2D eigenvalue weighted by Crippen LogP contribution is 2.04. The van der Waals surface area contributed by atoms with E-state index in [0.29, 0.717) is 6.54 Å². The number of nitrogens with zero attached hydrogens (tertiary/aromatic N) is 1. The minimum atomic E-state index is 0.205. The van der Waals surface area contributed by atoms with Crippen LogP contribution in [0.1, 0.15) is 6.42 Å². The van der Waals surface area contributed by atoms with E-state index in [1.807, 2.05) is 11.9 Å². The minimum absolute atomic E-state index is 0.205. The number of likely N-dealkylation sites (N-methyl/N-ethyl adjacent to an activating group) is 1. The van der Waals surface area contributed by atoms with Gasteiger partial charge in [0.25, 0.3) is 0 Å². The van der Waals surface area contributed by atoms with Crippen molar-refractivity contribution < 1.29 is 5.11 Å². The van der Waals surface area contributed by atoms with Gasteiger partial charge in [0.05, 0.1) is 6.61 Å². The van der Waals surface area contributed by atoms with Gasteiger partial charge in [-0.2, -0.15) is 0 Å². The Kier molecular flexibility index (Phi) is 6.11. The molecule has 0 aromatic rings. The summed E-state index contributed by atoms with van der Waals surface area (Å²) in [7, 11) is 1.95. The van der Waals surface area contributed by atoms with Crippen molar-refractivity contribution in [2.45, 2.75) is 6.42 Å². The van der Waals surface area contributed by atoms with Crippen molar-refractivity contribution >= 4 is 22.6 Å². The van der Waals surface area contributed by atoms with Crippen LogP contribution in [0.25, 0.3) is 0 Å². The Bertz CT molecular complexity index is 106. The molecule has 0 saturated carbocycles. The molecule has 10 heavy (non-hydrogen) atoms. The molecule has 0 aliphatic carbocycles. The van der Waals surface area contributed by atoms with E-state index in [9.17, 15) is 0 Å². The summed E-state index contributed by atoms with van der Waals surface area (Å²) in [6.07, 6.45) is 1.01. The van der Waals surface area contributed by atoms with E-state index in [0.717, 1.165) is 16.5 Å². The van der Waals surface area contributed by atoms with Gasteiger partial charge in [-0.3, -0.25) is 0 Å². The van der Waals surface area contributed by atoms with Crippen LogP contribution in [-0.2, 0) is 0 Å². The fraction of sp³-hybridized carbons (Fsp3) is 0.714. The van der Waals surface area contributed by atoms with E-state index in [1.54, 1.807) is 0 Å². The first-order chi connectivity index (χ1) is 4.72. The van der Waals surface area contributed by atoms with Crippen molar-refractivity contribution in [2.75, 3.05) is 24.6 Å². The summed E-state index contributed by atoms with van der Waals surface area (Å²) in [5.41, 5.74) is 1.10. The number of hydrogen-bond acceptors (Lipinski definition) is 2. The summed E-state index contributed by atoms with van der Waals surface area (Å²) in [6, 6.07) is 0. The Hall–Kier alpha value is 0.230. The Morgan fingerprint density at radius 3 is 2.70 bits per heavy atom. The van der Waals surface area contributed by atoms with Crippen LogP contribution in [0, 0.1) is 0 Å². The molecular weight excluding hydrogens is 241 g/mol. The van der Waals surface area contributed by atoms with E-state index in [4.69, 9.17) is 5.11 Å². The molecule has 1 N–H and O–H groups in total. The number of rotatable bonds is 5. The number of halogens is 1. The summed E-state index contributed by atoms with van der Waals surface area (Å²) < 4.78 is 1.09. The largest absolute Gasteiger partial charge is 0.395 e. The number of hydrogen-bond donors (Lipinski definition) is 1. The van der Waals surface area contributed by atoms with E-state index < -0.39 is 0 Å². The normalized spacial score (nSPS) is 9.50. The first kappa shape index (κ1) is 10.2. The van der Waals surface area contributed by atoms with Crippen molar-refractivity contribution in [3.8, 4) is 0 Å². The van der Waals surface area contributed by atoms with Gasteiger partial charge in [0.1, 0.15) is 0 Å². The number of alkyl halides is 1. The third-order valence-electron chi connectivity index (χ3n) is 1.36. The lowest BCUT2D eigenvalue weighted by molar-refractivity contribution is 0.244. The van der Waals surface area contributed by atoms with E-state index in [-0.39, 0.29) is 6.61 Å². The van der Waals surface area contributed by atoms with Gasteiger partial charge < -0.3 is 10.0 Å². The molecule has 0 heterocycles. The molecule has 0 saturated heterocycles. The molecule has 0 aliphatic heterocycles. The second-order valence-electron chi connectivity index (χ2n) is 2.15. The highest BCUT2D eigenvalue weighted by molar-refractivity contribution is 14.1. The van der Waals surface area contributed by atoms with Crippen LogP contribution in [-0.4, -0.2) is 34.6 Å². The molecule has 3 heteroatoms. The lowest BCUT2D eigenvalue weighted by atomic mass is 10.3. The highest BCUT2D eigenvalue weighted by Gasteiger charge is 1.98. The van der Waals surface area contributed by atoms with Crippen molar-refractivity contribution in [1.82, 2.24) is 4.90 Å². The Balaban J connectivity index is 3.49. The summed E-state index contributed by atoms with van der Waals surface area (Å²) >= 11 is 2.31. The fourth-order valence-corrected chi connectivity index (χ4v) is 1.23. The van der Waals surface area contributed by atoms with Crippen LogP contribution in [0.2, 0.25) is 0 Å². The first-order valence-electron chi connectivity index (χ1n) is 3.28. The number of allylic oxidation sites excluding steroid dienone is 1. The average Bonchev–Trinajstić information content (AvgIpc) is 1.89. The Morgan fingerprint density at radius 1 is 1.70 bits per heavy atom. The number of aliphatic hydroxyl groups excluding tert-OH is 1. The van der Waals surface area contributed by atoms with Gasteiger partial charge in [0, 0.05) is 23.7 Å². The monoisotopic (exact) mass is 255 g/mol. The van der Waals surface area contributed by atoms with Gasteiger partial charge in [-0.25, -0.2) is 0 Å². The molecule has 0 spiro atoms. The summed E-state index contributed by atoms with van der Waals surface area (Å²) in [5, 5.41) is 8.57. The van der Waals surface area contributed by atoms with Crippen LogP contribution >= 0.6 is 22.6 Å². The van der Waals surface area contributed by atoms with Crippen molar-refractivity contribution in [1.29, 1.82) is 0 Å². The highest BCUT2D eigenvalue weighted by atomic mass is 127. The van der Waals surface area contributed by atoms with Gasteiger partial charge in [-0.05, 0) is 6.42 Å². The number of aliphatic hydroxyl groups is 1. The smallest absolute Gasteiger partial charge is 0.0606 e. The summed E-state index contributed by atoms with van der Waals surface area (Å²) in [5.74, 6) is 0. The van der Waals surface area contributed by atoms with E-state index in [1.165, 1.54) is 0 Å². The molecule has 0 bridgehead atoms. The minimum Gasteiger partial charge on any atom is -0.395 e. The third-order valence-corrected chi connectivity index (χ3v) is 1.90. The lowest BCUT2D eigenvalue weighted by Gasteiger charge is -2.19. The molecule has 2 nitrogen and oxygen atoms in total. The van der Waals surface area contributed by atoms with Crippen LogP contribution in [0.15, 0.2) is 12.3 Å². The van der Waals surface area contributed by atoms with Gasteiger partial charge in [-0.15, -0.1) is 0 Å². The quantitative estimate of drug-likeness (QED) is 0.590. The maximum Gasteiger partial charge on any atom is 0.0606 e. The van der Waals surface area contributed by atoms with Gasteiger partial charge in [0.15, 0.2) is 0 Å². The van der Waals surface area contributed by atoms with Gasteiger partial charge >= 0.3 is 0 Å². The molecule has 0 aromatic heterocycles. The Labute approximate surface area is 76.1 Å². The molecule has 0 aromatic carbocycles. The van der Waals surface area contributed by atoms with Crippen molar-refractivity contribution in [3.05, 3.63) is 12.3 Å². The first-order valence-corrected chi connectivity index (χ1v) is 4.80. The molecule has 0 unspecified atom stereocenters. The third kappa shape index (κ3) is 4.11.